The van der Waals surface area contributed by atoms with Gasteiger partial charge in [0.2, 0.25) is 0 Å². The summed E-state index contributed by atoms with van der Waals surface area (Å²) in [6, 6.07) is 5.19. The van der Waals surface area contributed by atoms with Crippen LogP contribution >= 0.6 is 0 Å². The molecule has 6 heteroatoms. The number of aromatic nitrogens is 2. The Bertz CT molecular complexity index is 758. The van der Waals surface area contributed by atoms with Gasteiger partial charge in [0.05, 0.1) is 10.4 Å². The van der Waals surface area contributed by atoms with Crippen LogP contribution in [0.3, 0.4) is 0 Å². The van der Waals surface area contributed by atoms with Crippen molar-refractivity contribution in [3.63, 3.8) is 0 Å². The maximum absolute atomic E-state index is 11.8. The van der Waals surface area contributed by atoms with Crippen molar-refractivity contribution in [2.45, 2.75) is 49.0 Å². The number of H-pyrrole nitrogens is 1. The van der Waals surface area contributed by atoms with E-state index in [4.69, 9.17) is 5.73 Å². The summed E-state index contributed by atoms with van der Waals surface area (Å²) in [4.78, 5) is 8.00. The molecule has 1 aromatic heterocycles. The Hall–Kier alpha value is -1.40. The van der Waals surface area contributed by atoms with Crippen molar-refractivity contribution in [2.24, 2.45) is 5.73 Å². The topological polar surface area (TPSA) is 88.8 Å². The van der Waals surface area contributed by atoms with Gasteiger partial charge in [0, 0.05) is 18.2 Å². The summed E-state index contributed by atoms with van der Waals surface area (Å²) < 4.78 is 23.7. The first kappa shape index (κ1) is 14.5. The third-order valence-electron chi connectivity index (χ3n) is 4.29. The first-order chi connectivity index (χ1) is 9.87. The molecule has 1 aliphatic carbocycles. The molecule has 1 saturated carbocycles. The molecule has 0 bridgehead atoms. The Balaban J connectivity index is 1.98. The summed E-state index contributed by atoms with van der Waals surface area (Å²) in [6.45, 7) is 0. The van der Waals surface area contributed by atoms with E-state index in [1.807, 2.05) is 6.07 Å². The van der Waals surface area contributed by atoms with Crippen molar-refractivity contribution < 1.29 is 8.42 Å². The fraction of sp³-hybridized carbons (Fsp3) is 0.533. The number of hydrogen-bond donors (Lipinski definition) is 2. The largest absolute Gasteiger partial charge is 0.342 e. The molecule has 2 aromatic rings. The summed E-state index contributed by atoms with van der Waals surface area (Å²) in [7, 11) is -3.28. The first-order valence-electron chi connectivity index (χ1n) is 7.34. The van der Waals surface area contributed by atoms with E-state index in [-0.39, 0.29) is 10.4 Å². The Morgan fingerprint density at radius 3 is 2.67 bits per heavy atom. The van der Waals surface area contributed by atoms with Gasteiger partial charge in [0.1, 0.15) is 11.3 Å². The summed E-state index contributed by atoms with van der Waals surface area (Å²) in [5.41, 5.74) is 7.53. The quantitative estimate of drug-likeness (QED) is 0.909. The number of benzene rings is 1. The number of fused-ring (bicyclic) bond motifs is 1. The van der Waals surface area contributed by atoms with Gasteiger partial charge in [-0.25, -0.2) is 13.4 Å². The molecule has 1 heterocycles. The van der Waals surface area contributed by atoms with Crippen LogP contribution in [0.5, 0.6) is 0 Å². The number of rotatable bonds is 3. The maximum atomic E-state index is 11.8. The van der Waals surface area contributed by atoms with Crippen molar-refractivity contribution in [1.29, 1.82) is 0 Å². The fourth-order valence-corrected chi connectivity index (χ4v) is 4.04. The van der Waals surface area contributed by atoms with Gasteiger partial charge in [-0.15, -0.1) is 0 Å². The third-order valence-corrected chi connectivity index (χ3v) is 5.42. The van der Waals surface area contributed by atoms with E-state index in [9.17, 15) is 8.42 Å². The maximum Gasteiger partial charge on any atom is 0.177 e. The molecule has 0 amide bonds. The highest BCUT2D eigenvalue weighted by molar-refractivity contribution is 7.91. The molecule has 0 spiro atoms. The second-order valence-corrected chi connectivity index (χ2v) is 8.19. The van der Waals surface area contributed by atoms with Crippen LogP contribution in [0.15, 0.2) is 23.1 Å². The number of nitrogens with zero attached hydrogens (tertiary/aromatic N) is 1. The Labute approximate surface area is 124 Å². The average molecular weight is 307 g/mol. The molecule has 5 nitrogen and oxygen atoms in total. The van der Waals surface area contributed by atoms with Crippen LogP contribution in [0, 0.1) is 0 Å². The van der Waals surface area contributed by atoms with Gasteiger partial charge in [-0.3, -0.25) is 0 Å². The lowest BCUT2D eigenvalue weighted by Crippen LogP contribution is -2.44. The van der Waals surface area contributed by atoms with E-state index in [0.29, 0.717) is 11.9 Å². The highest BCUT2D eigenvalue weighted by Gasteiger charge is 2.29. The van der Waals surface area contributed by atoms with Crippen LogP contribution in [0.25, 0.3) is 11.0 Å². The van der Waals surface area contributed by atoms with E-state index < -0.39 is 9.84 Å². The first-order valence-corrected chi connectivity index (χ1v) is 9.23. The minimum Gasteiger partial charge on any atom is -0.342 e. The zero-order valence-electron chi connectivity index (χ0n) is 12.2. The number of aromatic amines is 1. The number of nitrogens with one attached hydrogen (secondary N) is 1. The minimum atomic E-state index is -3.28. The van der Waals surface area contributed by atoms with Gasteiger partial charge in [0.15, 0.2) is 9.84 Å². The summed E-state index contributed by atoms with van der Waals surface area (Å²) in [5.74, 6) is 0.783. The van der Waals surface area contributed by atoms with Crippen LogP contribution < -0.4 is 5.73 Å². The summed E-state index contributed by atoms with van der Waals surface area (Å²) in [5, 5.41) is 0. The molecule has 0 saturated heterocycles. The number of sulfone groups is 1. The SMILES string of the molecule is CS(=O)(=O)c1cccc2[nH]c(CC3(N)CCCCC3)nc12. The van der Waals surface area contributed by atoms with Gasteiger partial charge in [-0.1, -0.05) is 25.3 Å². The molecule has 3 N–H and O–H groups in total. The Morgan fingerprint density at radius 1 is 1.29 bits per heavy atom. The second-order valence-electron chi connectivity index (χ2n) is 6.21. The van der Waals surface area contributed by atoms with Crippen molar-refractivity contribution in [1.82, 2.24) is 9.97 Å². The monoisotopic (exact) mass is 307 g/mol. The molecule has 0 unspecified atom stereocenters. The van der Waals surface area contributed by atoms with E-state index in [2.05, 4.69) is 9.97 Å². The van der Waals surface area contributed by atoms with Crippen LogP contribution in [-0.4, -0.2) is 30.2 Å². The Morgan fingerprint density at radius 2 is 2.00 bits per heavy atom. The molecule has 0 radical (unpaired) electrons. The number of imidazole rings is 1. The van der Waals surface area contributed by atoms with E-state index in [1.54, 1.807) is 12.1 Å². The van der Waals surface area contributed by atoms with Crippen molar-refractivity contribution in [2.75, 3.05) is 6.26 Å². The number of para-hydroxylation sites is 1. The highest BCUT2D eigenvalue weighted by atomic mass is 32.2. The zero-order valence-corrected chi connectivity index (χ0v) is 13.0. The van der Waals surface area contributed by atoms with Crippen LogP contribution in [0.1, 0.15) is 37.9 Å². The van der Waals surface area contributed by atoms with Crippen LogP contribution in [-0.2, 0) is 16.3 Å². The van der Waals surface area contributed by atoms with Crippen LogP contribution in [0.2, 0.25) is 0 Å². The normalized spacial score (nSPS) is 19.0. The standard InChI is InChI=1S/C15H21N3O2S/c1-21(19,20)12-7-5-6-11-14(12)18-13(17-11)10-15(16)8-3-2-4-9-15/h5-7H,2-4,8-10,16H2,1H3,(H,17,18). The number of nitrogens with two attached hydrogens (primary N) is 1. The molecule has 1 aliphatic rings. The molecule has 114 valence electrons. The van der Waals surface area contributed by atoms with Crippen molar-refractivity contribution in [3.8, 4) is 0 Å². The van der Waals surface area contributed by atoms with E-state index in [0.717, 1.165) is 37.0 Å². The van der Waals surface area contributed by atoms with Gasteiger partial charge < -0.3 is 10.7 Å². The summed E-state index contributed by atoms with van der Waals surface area (Å²) in [6.07, 6.45) is 7.45. The molecule has 3 rings (SSSR count). The fourth-order valence-electron chi connectivity index (χ4n) is 3.21. The molecular formula is C15H21N3O2S. The van der Waals surface area contributed by atoms with Crippen molar-refractivity contribution in [3.05, 3.63) is 24.0 Å². The van der Waals surface area contributed by atoms with Gasteiger partial charge in [-0.2, -0.15) is 0 Å². The molecule has 0 atom stereocenters. The second kappa shape index (κ2) is 5.10. The van der Waals surface area contributed by atoms with Gasteiger partial charge >= 0.3 is 0 Å². The average Bonchev–Trinajstić information content (AvgIpc) is 2.79. The third kappa shape index (κ3) is 2.96. The zero-order chi connectivity index (χ0) is 15.1. The lowest BCUT2D eigenvalue weighted by Gasteiger charge is -2.32. The lowest BCUT2D eigenvalue weighted by molar-refractivity contribution is 0.290. The predicted molar refractivity (Wildman–Crippen MR) is 82.9 cm³/mol. The van der Waals surface area contributed by atoms with Crippen LogP contribution in [0.4, 0.5) is 0 Å². The number of hydrogen-bond acceptors (Lipinski definition) is 4. The molecule has 1 aromatic carbocycles. The smallest absolute Gasteiger partial charge is 0.177 e. The molecule has 21 heavy (non-hydrogen) atoms. The molecular weight excluding hydrogens is 286 g/mol. The molecule has 0 aliphatic heterocycles. The Kier molecular flexibility index (Phi) is 3.53. The van der Waals surface area contributed by atoms with Gasteiger partial charge in [-0.05, 0) is 25.0 Å². The van der Waals surface area contributed by atoms with E-state index >= 15 is 0 Å². The van der Waals surface area contributed by atoms with Crippen molar-refractivity contribution >= 4 is 20.9 Å². The molecule has 1 fully saturated rings. The lowest BCUT2D eigenvalue weighted by atomic mass is 9.80. The van der Waals surface area contributed by atoms with E-state index in [1.165, 1.54) is 12.7 Å². The predicted octanol–water partition coefficient (Wildman–Crippen LogP) is 2.17. The summed E-state index contributed by atoms with van der Waals surface area (Å²) >= 11 is 0. The highest BCUT2D eigenvalue weighted by Crippen LogP contribution is 2.29. The van der Waals surface area contributed by atoms with Gasteiger partial charge in [0.25, 0.3) is 0 Å². The minimum absolute atomic E-state index is 0.211.